The molecule has 1 saturated heterocycles. The van der Waals surface area contributed by atoms with Crippen LogP contribution in [0.15, 0.2) is 42.1 Å². The maximum atomic E-state index is 14.3. The second kappa shape index (κ2) is 5.91. The Morgan fingerprint density at radius 3 is 2.92 bits per heavy atom. The molecule has 1 aliphatic heterocycles. The molecule has 2 heterocycles. The average molecular weight is 325 g/mol. The first kappa shape index (κ1) is 15.1. The Kier molecular flexibility index (Phi) is 3.73. The zero-order valence-corrected chi connectivity index (χ0v) is 13.6. The number of ether oxygens (including phenoxy) is 1. The number of aromatic nitrogens is 1. The van der Waals surface area contributed by atoms with Gasteiger partial charge in [0.1, 0.15) is 23.8 Å². The first-order valence-electron chi connectivity index (χ1n) is 8.22. The van der Waals surface area contributed by atoms with Crippen LogP contribution >= 0.6 is 0 Å². The van der Waals surface area contributed by atoms with Crippen LogP contribution in [0.4, 0.5) is 10.2 Å². The summed E-state index contributed by atoms with van der Waals surface area (Å²) in [6.45, 7) is 3.70. The fraction of sp³-hybridized carbons (Fsp3) is 0.316. The number of benzene rings is 1. The summed E-state index contributed by atoms with van der Waals surface area (Å²) < 4.78 is 20.5. The number of hydrogen-bond acceptors (Lipinski definition) is 4. The molecule has 1 aliphatic carbocycles. The number of rotatable bonds is 3. The summed E-state index contributed by atoms with van der Waals surface area (Å²) in [4.78, 5) is 4.17. The highest BCUT2D eigenvalue weighted by molar-refractivity contribution is 5.94. The Hall–Kier alpha value is -2.40. The molecule has 0 radical (unpaired) electrons. The van der Waals surface area contributed by atoms with Crippen molar-refractivity contribution in [3.8, 4) is 5.75 Å². The number of nitrogens with one attached hydrogen (secondary N) is 1. The molecule has 1 aromatic carbocycles. The van der Waals surface area contributed by atoms with Crippen molar-refractivity contribution in [2.24, 2.45) is 0 Å². The molecule has 0 bridgehead atoms. The number of pyridine rings is 1. The molecule has 0 spiro atoms. The summed E-state index contributed by atoms with van der Waals surface area (Å²) >= 11 is 0. The summed E-state index contributed by atoms with van der Waals surface area (Å²) in [5.41, 5.74) is 8.33. The normalized spacial score (nSPS) is 23.4. The fourth-order valence-corrected chi connectivity index (χ4v) is 3.42. The predicted molar refractivity (Wildman–Crippen MR) is 94.7 cm³/mol. The molecule has 5 heteroatoms. The van der Waals surface area contributed by atoms with Crippen LogP contribution < -0.4 is 15.8 Å². The Morgan fingerprint density at radius 1 is 1.33 bits per heavy atom. The Bertz CT molecular complexity index is 853. The molecule has 1 fully saturated rings. The fourth-order valence-electron chi connectivity index (χ4n) is 3.42. The van der Waals surface area contributed by atoms with E-state index in [0.717, 1.165) is 47.2 Å². The van der Waals surface area contributed by atoms with E-state index >= 15 is 0 Å². The molecular weight excluding hydrogens is 305 g/mol. The quantitative estimate of drug-likeness (QED) is 0.909. The van der Waals surface area contributed by atoms with Crippen LogP contribution in [0.2, 0.25) is 0 Å². The van der Waals surface area contributed by atoms with E-state index in [0.29, 0.717) is 11.4 Å². The molecule has 4 rings (SSSR count). The highest BCUT2D eigenvalue weighted by atomic mass is 19.1. The first-order chi connectivity index (χ1) is 11.6. The van der Waals surface area contributed by atoms with E-state index in [1.54, 1.807) is 12.3 Å². The average Bonchev–Trinajstić information content (AvgIpc) is 3.18. The van der Waals surface area contributed by atoms with Crippen LogP contribution in [0.3, 0.4) is 0 Å². The standard InChI is InChI=1S/C19H20FN3O/c1-11-2-3-16(20)19(11)12-6-13-9-23-18(21)8-15(13)17(7-12)24-14-4-5-22-10-14/h2-3,6-9,14,16,22H,4-5,10H2,1H3,(H2,21,23)/t14-,16?/m1/s1. The van der Waals surface area contributed by atoms with Gasteiger partial charge in [0.05, 0.1) is 0 Å². The first-order valence-corrected chi connectivity index (χ1v) is 8.22. The molecule has 0 saturated carbocycles. The van der Waals surface area contributed by atoms with E-state index in [2.05, 4.69) is 10.3 Å². The summed E-state index contributed by atoms with van der Waals surface area (Å²) in [6.07, 6.45) is 5.13. The Morgan fingerprint density at radius 2 is 2.21 bits per heavy atom. The van der Waals surface area contributed by atoms with Crippen molar-refractivity contribution in [3.63, 3.8) is 0 Å². The van der Waals surface area contributed by atoms with Crippen molar-refractivity contribution in [1.29, 1.82) is 0 Å². The number of alkyl halides is 1. The molecule has 4 nitrogen and oxygen atoms in total. The van der Waals surface area contributed by atoms with Gasteiger partial charge in [0, 0.05) is 29.1 Å². The second-order valence-corrected chi connectivity index (χ2v) is 6.39. The topological polar surface area (TPSA) is 60.2 Å². The zero-order chi connectivity index (χ0) is 16.7. The van der Waals surface area contributed by atoms with Crippen molar-refractivity contribution in [3.05, 3.63) is 47.7 Å². The number of halogens is 1. The summed E-state index contributed by atoms with van der Waals surface area (Å²) in [6, 6.07) is 5.70. The lowest BCUT2D eigenvalue weighted by molar-refractivity contribution is 0.226. The van der Waals surface area contributed by atoms with Crippen molar-refractivity contribution in [2.75, 3.05) is 18.8 Å². The largest absolute Gasteiger partial charge is 0.488 e. The maximum absolute atomic E-state index is 14.3. The van der Waals surface area contributed by atoms with Gasteiger partial charge in [-0.2, -0.15) is 0 Å². The number of allylic oxidation sites excluding steroid dienone is 4. The van der Waals surface area contributed by atoms with Gasteiger partial charge >= 0.3 is 0 Å². The predicted octanol–water partition coefficient (Wildman–Crippen LogP) is 3.24. The minimum Gasteiger partial charge on any atom is -0.488 e. The number of hydrogen-bond donors (Lipinski definition) is 2. The molecule has 3 N–H and O–H groups in total. The summed E-state index contributed by atoms with van der Waals surface area (Å²) in [5, 5.41) is 5.11. The van der Waals surface area contributed by atoms with E-state index in [4.69, 9.17) is 10.5 Å². The smallest absolute Gasteiger partial charge is 0.145 e. The molecule has 0 amide bonds. The maximum Gasteiger partial charge on any atom is 0.145 e. The monoisotopic (exact) mass is 325 g/mol. The van der Waals surface area contributed by atoms with Gasteiger partial charge < -0.3 is 15.8 Å². The lowest BCUT2D eigenvalue weighted by atomic mass is 9.97. The van der Waals surface area contributed by atoms with Gasteiger partial charge in [-0.25, -0.2) is 9.37 Å². The molecule has 2 atom stereocenters. The van der Waals surface area contributed by atoms with Gasteiger partial charge in [0.2, 0.25) is 0 Å². The lowest BCUT2D eigenvalue weighted by Gasteiger charge is -2.17. The minimum atomic E-state index is -1.08. The van der Waals surface area contributed by atoms with Crippen LogP contribution in [0.5, 0.6) is 5.75 Å². The van der Waals surface area contributed by atoms with Gasteiger partial charge in [-0.3, -0.25) is 0 Å². The SMILES string of the molecule is CC1=C(c2cc(O[C@@H]3CCNC3)c3cc(N)ncc3c2)C(F)C=C1. The zero-order valence-electron chi connectivity index (χ0n) is 13.6. The van der Waals surface area contributed by atoms with Gasteiger partial charge in [0.25, 0.3) is 0 Å². The highest BCUT2D eigenvalue weighted by Gasteiger charge is 2.22. The summed E-state index contributed by atoms with van der Waals surface area (Å²) in [7, 11) is 0. The van der Waals surface area contributed by atoms with Gasteiger partial charge in [-0.15, -0.1) is 0 Å². The third kappa shape index (κ3) is 2.65. The van der Waals surface area contributed by atoms with Gasteiger partial charge in [-0.1, -0.05) is 6.08 Å². The van der Waals surface area contributed by atoms with E-state index in [1.807, 2.05) is 31.2 Å². The number of nitrogens with two attached hydrogens (primary N) is 1. The molecule has 2 aliphatic rings. The lowest BCUT2D eigenvalue weighted by Crippen LogP contribution is -2.19. The minimum absolute atomic E-state index is 0.121. The molecule has 2 aromatic rings. The number of fused-ring (bicyclic) bond motifs is 1. The summed E-state index contributed by atoms with van der Waals surface area (Å²) in [5.74, 6) is 1.19. The molecule has 1 aromatic heterocycles. The van der Waals surface area contributed by atoms with Crippen molar-refractivity contribution >= 4 is 22.2 Å². The Labute approximate surface area is 140 Å². The van der Waals surface area contributed by atoms with Crippen LogP contribution in [0.25, 0.3) is 16.3 Å². The molecule has 24 heavy (non-hydrogen) atoms. The van der Waals surface area contributed by atoms with Crippen LogP contribution in [-0.4, -0.2) is 30.3 Å². The molecule has 124 valence electrons. The molecule has 1 unspecified atom stereocenters. The van der Waals surface area contributed by atoms with Crippen molar-refractivity contribution < 1.29 is 9.13 Å². The third-order valence-electron chi connectivity index (χ3n) is 4.65. The van der Waals surface area contributed by atoms with Crippen molar-refractivity contribution in [1.82, 2.24) is 10.3 Å². The number of nitrogens with zero attached hydrogens (tertiary/aromatic N) is 1. The van der Waals surface area contributed by atoms with E-state index in [1.165, 1.54) is 0 Å². The van der Waals surface area contributed by atoms with E-state index < -0.39 is 6.17 Å². The van der Waals surface area contributed by atoms with Crippen LogP contribution in [0, 0.1) is 0 Å². The van der Waals surface area contributed by atoms with Crippen LogP contribution in [-0.2, 0) is 0 Å². The highest BCUT2D eigenvalue weighted by Crippen LogP contribution is 2.37. The van der Waals surface area contributed by atoms with Crippen LogP contribution in [0.1, 0.15) is 18.9 Å². The number of anilines is 1. The van der Waals surface area contributed by atoms with E-state index in [9.17, 15) is 4.39 Å². The van der Waals surface area contributed by atoms with Gasteiger partial charge in [0.15, 0.2) is 0 Å². The van der Waals surface area contributed by atoms with E-state index in [-0.39, 0.29) is 6.10 Å². The van der Waals surface area contributed by atoms with Crippen molar-refractivity contribution in [2.45, 2.75) is 25.6 Å². The number of nitrogen functional groups attached to an aromatic ring is 1. The Balaban J connectivity index is 1.84. The second-order valence-electron chi connectivity index (χ2n) is 6.39. The third-order valence-corrected chi connectivity index (χ3v) is 4.65. The van der Waals surface area contributed by atoms with Gasteiger partial charge in [-0.05, 0) is 55.3 Å². The molecular formula is C19H20FN3O.